The van der Waals surface area contributed by atoms with Crippen LogP contribution in [0.15, 0.2) is 72.4 Å². The van der Waals surface area contributed by atoms with E-state index in [9.17, 15) is 4.79 Å². The van der Waals surface area contributed by atoms with Gasteiger partial charge in [-0.3, -0.25) is 4.79 Å². The smallest absolute Gasteiger partial charge is 0.200 e. The van der Waals surface area contributed by atoms with Crippen molar-refractivity contribution >= 4 is 33.8 Å². The predicted octanol–water partition coefficient (Wildman–Crippen LogP) is 6.92. The zero-order chi connectivity index (χ0) is 22.4. The van der Waals surface area contributed by atoms with E-state index >= 15 is 0 Å². The van der Waals surface area contributed by atoms with Crippen LogP contribution in [-0.2, 0) is 10.2 Å². The summed E-state index contributed by atoms with van der Waals surface area (Å²) in [6, 6.07) is 19.9. The average Bonchev–Trinajstić information content (AvgIpc) is 2.96. The first-order valence-electron chi connectivity index (χ1n) is 10.7. The Balaban J connectivity index is 1.74. The molecule has 0 unspecified atom stereocenters. The number of ketones is 1. The lowest BCUT2D eigenvalue weighted by molar-refractivity contribution is -0.126. The molecule has 3 aromatic carbocycles. The summed E-state index contributed by atoms with van der Waals surface area (Å²) in [5.74, 6) is 0.551. The zero-order valence-corrected chi connectivity index (χ0v) is 19.5. The Hall–Kier alpha value is -2.78. The highest BCUT2D eigenvalue weighted by Gasteiger charge is 2.42. The van der Waals surface area contributed by atoms with Crippen LogP contribution in [0.3, 0.4) is 0 Å². The number of ether oxygens (including phenoxy) is 1. The van der Waals surface area contributed by atoms with Crippen molar-refractivity contribution in [1.82, 2.24) is 0 Å². The van der Waals surface area contributed by atoms with Crippen LogP contribution in [0, 0.1) is 0 Å². The number of carbonyl (C=O) groups excluding carboxylic acids is 1. The molecule has 0 radical (unpaired) electrons. The van der Waals surface area contributed by atoms with Gasteiger partial charge in [0.25, 0.3) is 0 Å². The molecule has 1 heterocycles. The van der Waals surface area contributed by atoms with Gasteiger partial charge in [0.2, 0.25) is 0 Å². The molecule has 0 amide bonds. The second kappa shape index (κ2) is 7.72. The maximum absolute atomic E-state index is 13.4. The molecule has 0 saturated heterocycles. The van der Waals surface area contributed by atoms with Crippen molar-refractivity contribution in [3.63, 3.8) is 0 Å². The molecule has 0 aliphatic carbocycles. The third kappa shape index (κ3) is 3.72. The topological polar surface area (TPSA) is 29.5 Å². The van der Waals surface area contributed by atoms with Crippen molar-refractivity contribution in [2.45, 2.75) is 45.6 Å². The van der Waals surface area contributed by atoms with E-state index in [0.29, 0.717) is 10.8 Å². The highest BCUT2D eigenvalue weighted by molar-refractivity contribution is 6.30. The fraction of sp³-hybridized carbons (Fsp3) is 0.296. The Labute approximate surface area is 189 Å². The van der Waals surface area contributed by atoms with Gasteiger partial charge < -0.3 is 9.64 Å². The van der Waals surface area contributed by atoms with Gasteiger partial charge in [0.15, 0.2) is 11.4 Å². The van der Waals surface area contributed by atoms with Gasteiger partial charge in [-0.25, -0.2) is 0 Å². The quantitative estimate of drug-likeness (QED) is 0.409. The van der Waals surface area contributed by atoms with Gasteiger partial charge in [-0.2, -0.15) is 0 Å². The van der Waals surface area contributed by atoms with Crippen LogP contribution in [-0.4, -0.2) is 17.9 Å². The summed E-state index contributed by atoms with van der Waals surface area (Å²) in [5, 5.41) is 3.08. The van der Waals surface area contributed by atoms with Gasteiger partial charge in [-0.15, -0.1) is 0 Å². The largest absolute Gasteiger partial charge is 0.480 e. The molecule has 3 nitrogen and oxygen atoms in total. The highest BCUT2D eigenvalue weighted by atomic mass is 35.5. The Kier molecular flexibility index (Phi) is 5.35. The Bertz CT molecular complexity index is 1180. The van der Waals surface area contributed by atoms with Crippen LogP contribution in [0.1, 0.15) is 40.2 Å². The van der Waals surface area contributed by atoms with Crippen molar-refractivity contribution in [2.24, 2.45) is 0 Å². The summed E-state index contributed by atoms with van der Waals surface area (Å²) in [4.78, 5) is 15.6. The molecule has 0 saturated carbocycles. The lowest BCUT2D eigenvalue weighted by atomic mass is 9.80. The maximum atomic E-state index is 13.4. The molecule has 0 atom stereocenters. The summed E-state index contributed by atoms with van der Waals surface area (Å²) < 4.78 is 6.04. The number of hydrogen-bond acceptors (Lipinski definition) is 3. The Morgan fingerprint density at radius 2 is 1.74 bits per heavy atom. The fourth-order valence-electron chi connectivity index (χ4n) is 4.48. The number of hydrogen-bond donors (Lipinski definition) is 0. The predicted molar refractivity (Wildman–Crippen MR) is 129 cm³/mol. The minimum absolute atomic E-state index is 0.0684. The maximum Gasteiger partial charge on any atom is 0.200 e. The summed E-state index contributed by atoms with van der Waals surface area (Å²) in [6.45, 7) is 10.9. The van der Waals surface area contributed by atoms with Crippen LogP contribution < -0.4 is 9.64 Å². The number of benzene rings is 3. The molecule has 0 fully saturated rings. The van der Waals surface area contributed by atoms with Crippen molar-refractivity contribution in [2.75, 3.05) is 11.4 Å². The monoisotopic (exact) mass is 433 g/mol. The van der Waals surface area contributed by atoms with E-state index in [4.69, 9.17) is 16.3 Å². The SMILES string of the molecule is CCN1C(=CC(=O)C(C)(C)Oc2ccc(Cl)cc2)C(C)(C)c2c1ccc1ccccc21. The van der Waals surface area contributed by atoms with Gasteiger partial charge in [0.1, 0.15) is 5.75 Å². The van der Waals surface area contributed by atoms with E-state index in [0.717, 1.165) is 12.2 Å². The van der Waals surface area contributed by atoms with Gasteiger partial charge in [0.05, 0.1) is 0 Å². The molecule has 31 heavy (non-hydrogen) atoms. The van der Waals surface area contributed by atoms with Crippen LogP contribution in [0.25, 0.3) is 10.8 Å². The van der Waals surface area contributed by atoms with Gasteiger partial charge in [0, 0.05) is 34.4 Å². The number of halogens is 1. The van der Waals surface area contributed by atoms with Crippen LogP contribution in [0.2, 0.25) is 5.02 Å². The summed E-state index contributed by atoms with van der Waals surface area (Å²) in [6.07, 6.45) is 1.77. The highest BCUT2D eigenvalue weighted by Crippen LogP contribution is 2.50. The van der Waals surface area contributed by atoms with Gasteiger partial charge in [-0.05, 0) is 67.4 Å². The lowest BCUT2D eigenvalue weighted by Gasteiger charge is -2.29. The van der Waals surface area contributed by atoms with Crippen LogP contribution >= 0.6 is 11.6 Å². The molecular weight excluding hydrogens is 406 g/mol. The molecule has 1 aliphatic rings. The van der Waals surface area contributed by atoms with Gasteiger partial charge in [-0.1, -0.05) is 55.8 Å². The number of fused-ring (bicyclic) bond motifs is 3. The molecule has 0 aromatic heterocycles. The molecule has 4 rings (SSSR count). The molecule has 4 heteroatoms. The van der Waals surface area contributed by atoms with Crippen LogP contribution in [0.5, 0.6) is 5.75 Å². The molecule has 0 spiro atoms. The van der Waals surface area contributed by atoms with E-state index in [-0.39, 0.29) is 11.2 Å². The summed E-state index contributed by atoms with van der Waals surface area (Å²) in [7, 11) is 0. The first-order valence-corrected chi connectivity index (χ1v) is 11.0. The first kappa shape index (κ1) is 21.5. The molecule has 3 aromatic rings. The van der Waals surface area contributed by atoms with Gasteiger partial charge >= 0.3 is 0 Å². The zero-order valence-electron chi connectivity index (χ0n) is 18.7. The van der Waals surface area contributed by atoms with Crippen LogP contribution in [0.4, 0.5) is 5.69 Å². The lowest BCUT2D eigenvalue weighted by Crippen LogP contribution is -2.38. The third-order valence-corrected chi connectivity index (χ3v) is 6.37. The minimum atomic E-state index is -1.01. The molecule has 1 aliphatic heterocycles. The minimum Gasteiger partial charge on any atom is -0.480 e. The second-order valence-corrected chi connectivity index (χ2v) is 9.45. The standard InChI is InChI=1S/C27H28ClNO2/c1-6-29-22-16-11-18-9-7-8-10-21(18)25(22)26(2,3)23(29)17-24(30)27(4,5)31-20-14-12-19(28)13-15-20/h7-17H,6H2,1-5H3. The number of allylic oxidation sites excluding steroid dienone is 1. The van der Waals surface area contributed by atoms with Crippen molar-refractivity contribution in [3.8, 4) is 5.75 Å². The first-order chi connectivity index (χ1) is 14.6. The summed E-state index contributed by atoms with van der Waals surface area (Å²) >= 11 is 5.97. The summed E-state index contributed by atoms with van der Waals surface area (Å²) in [5.41, 5.74) is 2.12. The third-order valence-electron chi connectivity index (χ3n) is 6.12. The molecule has 160 valence electrons. The Morgan fingerprint density at radius 1 is 1.06 bits per heavy atom. The van der Waals surface area contributed by atoms with E-state index in [1.165, 1.54) is 22.0 Å². The van der Waals surface area contributed by atoms with E-state index in [1.807, 2.05) is 13.8 Å². The van der Waals surface area contributed by atoms with E-state index in [1.54, 1.807) is 30.3 Å². The van der Waals surface area contributed by atoms with Crippen molar-refractivity contribution < 1.29 is 9.53 Å². The fourth-order valence-corrected chi connectivity index (χ4v) is 4.61. The second-order valence-electron chi connectivity index (χ2n) is 9.01. The van der Waals surface area contributed by atoms with Crippen molar-refractivity contribution in [1.29, 1.82) is 0 Å². The molecule has 0 N–H and O–H groups in total. The normalized spacial score (nSPS) is 16.6. The van der Waals surface area contributed by atoms with E-state index in [2.05, 4.69) is 62.1 Å². The number of anilines is 1. The van der Waals surface area contributed by atoms with E-state index < -0.39 is 5.60 Å². The number of nitrogens with zero attached hydrogens (tertiary/aromatic N) is 1. The average molecular weight is 434 g/mol. The number of carbonyl (C=O) groups is 1. The van der Waals surface area contributed by atoms with Crippen molar-refractivity contribution in [3.05, 3.63) is 83.0 Å². The number of likely N-dealkylation sites (N-methyl/N-ethyl adjacent to an activating group) is 1. The Morgan fingerprint density at radius 3 is 2.42 bits per heavy atom. The number of rotatable bonds is 5. The molecule has 0 bridgehead atoms. The molecular formula is C27H28ClNO2.